The van der Waals surface area contributed by atoms with Crippen molar-refractivity contribution in [2.24, 2.45) is 5.92 Å². The predicted octanol–water partition coefficient (Wildman–Crippen LogP) is 5.78. The first-order valence-corrected chi connectivity index (χ1v) is 12.4. The normalized spacial score (nSPS) is 10.8. The van der Waals surface area contributed by atoms with Gasteiger partial charge in [0, 0.05) is 17.8 Å². The Morgan fingerprint density at radius 1 is 0.974 bits per heavy atom. The first-order chi connectivity index (χ1) is 18.3. The van der Waals surface area contributed by atoms with Crippen LogP contribution in [-0.4, -0.2) is 29.3 Å². The van der Waals surface area contributed by atoms with Crippen LogP contribution >= 0.6 is 0 Å². The fourth-order valence-electron chi connectivity index (χ4n) is 3.74. The van der Waals surface area contributed by atoms with Crippen LogP contribution in [0.1, 0.15) is 35.3 Å². The highest BCUT2D eigenvalue weighted by molar-refractivity contribution is 5.94. The summed E-state index contributed by atoms with van der Waals surface area (Å²) in [4.78, 5) is 26.1. The Bertz CT molecular complexity index is 1480. The number of benzene rings is 3. The highest BCUT2D eigenvalue weighted by atomic mass is 16.5. The SMILES string of the molecule is COc1ccc(-n2ncc(Oc3cccc(C)c3C)c(Nc3ccc(C(=O)NCC(C)C)cc3)c2=O)cc1. The van der Waals surface area contributed by atoms with Gasteiger partial charge in [-0.25, -0.2) is 0 Å². The van der Waals surface area contributed by atoms with Crippen molar-refractivity contribution < 1.29 is 14.3 Å². The minimum Gasteiger partial charge on any atom is -0.497 e. The molecule has 8 heteroatoms. The molecule has 0 radical (unpaired) electrons. The molecule has 0 aliphatic heterocycles. The lowest BCUT2D eigenvalue weighted by atomic mass is 10.1. The fourth-order valence-corrected chi connectivity index (χ4v) is 3.74. The van der Waals surface area contributed by atoms with Crippen molar-refractivity contribution in [2.75, 3.05) is 19.0 Å². The molecule has 0 unspecified atom stereocenters. The molecule has 0 atom stereocenters. The van der Waals surface area contributed by atoms with E-state index in [0.717, 1.165) is 11.1 Å². The number of hydrogen-bond acceptors (Lipinski definition) is 6. The smallest absolute Gasteiger partial charge is 0.299 e. The van der Waals surface area contributed by atoms with Gasteiger partial charge in [-0.3, -0.25) is 9.59 Å². The zero-order valence-corrected chi connectivity index (χ0v) is 22.2. The average Bonchev–Trinajstić information content (AvgIpc) is 2.92. The maximum Gasteiger partial charge on any atom is 0.299 e. The highest BCUT2D eigenvalue weighted by Gasteiger charge is 2.17. The Labute approximate surface area is 222 Å². The second kappa shape index (κ2) is 11.6. The number of amides is 1. The molecule has 0 spiro atoms. The fraction of sp³-hybridized carbons (Fsp3) is 0.233. The summed E-state index contributed by atoms with van der Waals surface area (Å²) in [5, 5.41) is 10.5. The highest BCUT2D eigenvalue weighted by Crippen LogP contribution is 2.32. The Morgan fingerprint density at radius 3 is 2.34 bits per heavy atom. The molecule has 3 aromatic carbocycles. The van der Waals surface area contributed by atoms with Crippen LogP contribution in [0.2, 0.25) is 0 Å². The second-order valence-electron chi connectivity index (χ2n) is 9.41. The molecule has 38 heavy (non-hydrogen) atoms. The molecule has 4 aromatic rings. The number of ether oxygens (including phenoxy) is 2. The molecule has 0 bridgehead atoms. The van der Waals surface area contributed by atoms with Gasteiger partial charge >= 0.3 is 0 Å². The second-order valence-corrected chi connectivity index (χ2v) is 9.41. The average molecular weight is 513 g/mol. The third-order valence-electron chi connectivity index (χ3n) is 6.12. The lowest BCUT2D eigenvalue weighted by Gasteiger charge is -2.16. The Morgan fingerprint density at radius 2 is 1.68 bits per heavy atom. The molecule has 8 nitrogen and oxygen atoms in total. The summed E-state index contributed by atoms with van der Waals surface area (Å²) in [6.07, 6.45) is 1.52. The minimum atomic E-state index is -0.392. The van der Waals surface area contributed by atoms with E-state index in [0.29, 0.717) is 40.9 Å². The van der Waals surface area contributed by atoms with Gasteiger partial charge in [-0.15, -0.1) is 0 Å². The van der Waals surface area contributed by atoms with E-state index in [1.807, 2.05) is 45.9 Å². The van der Waals surface area contributed by atoms with Gasteiger partial charge in [0.05, 0.1) is 19.0 Å². The van der Waals surface area contributed by atoms with Crippen molar-refractivity contribution in [2.45, 2.75) is 27.7 Å². The van der Waals surface area contributed by atoms with E-state index in [1.54, 1.807) is 55.6 Å². The Hall–Kier alpha value is -4.59. The quantitative estimate of drug-likeness (QED) is 0.295. The summed E-state index contributed by atoms with van der Waals surface area (Å²) >= 11 is 0. The van der Waals surface area contributed by atoms with Crippen molar-refractivity contribution >= 4 is 17.3 Å². The number of carbonyl (C=O) groups is 1. The third kappa shape index (κ3) is 6.03. The molecule has 0 aliphatic carbocycles. The van der Waals surface area contributed by atoms with Crippen LogP contribution in [0.4, 0.5) is 11.4 Å². The summed E-state index contributed by atoms with van der Waals surface area (Å²) in [6, 6.07) is 19.7. The Kier molecular flexibility index (Phi) is 8.11. The molecular formula is C30H32N4O4. The molecule has 196 valence electrons. The molecule has 4 rings (SSSR count). The molecule has 0 saturated heterocycles. The minimum absolute atomic E-state index is 0.144. The maximum absolute atomic E-state index is 13.7. The van der Waals surface area contributed by atoms with Crippen LogP contribution < -0.4 is 25.7 Å². The van der Waals surface area contributed by atoms with Gasteiger partial charge in [-0.1, -0.05) is 26.0 Å². The lowest BCUT2D eigenvalue weighted by molar-refractivity contribution is 0.0949. The molecule has 1 aromatic heterocycles. The van der Waals surface area contributed by atoms with Crippen LogP contribution in [0.5, 0.6) is 17.2 Å². The van der Waals surface area contributed by atoms with Crippen LogP contribution in [-0.2, 0) is 0 Å². The van der Waals surface area contributed by atoms with Crippen molar-refractivity contribution in [3.63, 3.8) is 0 Å². The molecule has 0 fully saturated rings. The molecule has 0 saturated carbocycles. The van der Waals surface area contributed by atoms with Gasteiger partial charge < -0.3 is 20.1 Å². The summed E-state index contributed by atoms with van der Waals surface area (Å²) in [7, 11) is 1.58. The van der Waals surface area contributed by atoms with E-state index >= 15 is 0 Å². The first kappa shape index (κ1) is 26.5. The van der Waals surface area contributed by atoms with Gasteiger partial charge in [0.1, 0.15) is 11.5 Å². The van der Waals surface area contributed by atoms with Crippen LogP contribution in [0.15, 0.2) is 77.7 Å². The number of methoxy groups -OCH3 is 1. The number of carbonyl (C=O) groups excluding carboxylic acids is 1. The maximum atomic E-state index is 13.7. The van der Waals surface area contributed by atoms with E-state index in [4.69, 9.17) is 9.47 Å². The van der Waals surface area contributed by atoms with Crippen LogP contribution in [0, 0.1) is 19.8 Å². The van der Waals surface area contributed by atoms with Crippen molar-refractivity contribution in [1.29, 1.82) is 0 Å². The number of hydrogen-bond donors (Lipinski definition) is 2. The van der Waals surface area contributed by atoms with Gasteiger partial charge in [-0.05, 0) is 85.5 Å². The monoisotopic (exact) mass is 512 g/mol. The zero-order valence-electron chi connectivity index (χ0n) is 22.2. The molecule has 2 N–H and O–H groups in total. The van der Waals surface area contributed by atoms with Crippen molar-refractivity contribution in [1.82, 2.24) is 15.1 Å². The number of aryl methyl sites for hydroxylation is 1. The van der Waals surface area contributed by atoms with Gasteiger partial charge in [0.15, 0.2) is 11.4 Å². The number of nitrogens with one attached hydrogen (secondary N) is 2. The summed E-state index contributed by atoms with van der Waals surface area (Å²) in [5.74, 6) is 1.80. The van der Waals surface area contributed by atoms with Crippen molar-refractivity contribution in [3.8, 4) is 22.9 Å². The number of rotatable bonds is 9. The zero-order chi connectivity index (χ0) is 27.2. The Balaban J connectivity index is 1.70. The number of aromatic nitrogens is 2. The largest absolute Gasteiger partial charge is 0.497 e. The lowest BCUT2D eigenvalue weighted by Crippen LogP contribution is -2.27. The van der Waals surface area contributed by atoms with E-state index in [1.165, 1.54) is 10.9 Å². The predicted molar refractivity (Wildman–Crippen MR) is 149 cm³/mol. The van der Waals surface area contributed by atoms with Gasteiger partial charge in [0.2, 0.25) is 0 Å². The topological polar surface area (TPSA) is 94.5 Å². The molecule has 0 aliphatic rings. The number of anilines is 2. The van der Waals surface area contributed by atoms with Crippen LogP contribution in [0.3, 0.4) is 0 Å². The molecule has 1 heterocycles. The standard InChI is InChI=1S/C30H32N4O4/c1-19(2)17-31-29(35)22-9-11-23(12-10-22)33-28-27(38-26-8-6-7-20(3)21(26)4)18-32-34(30(28)36)24-13-15-25(37-5)16-14-24/h6-16,18-19,33H,17H2,1-5H3,(H,31,35). The van der Waals surface area contributed by atoms with E-state index in [2.05, 4.69) is 15.7 Å². The van der Waals surface area contributed by atoms with E-state index in [9.17, 15) is 9.59 Å². The van der Waals surface area contributed by atoms with Crippen LogP contribution in [0.25, 0.3) is 5.69 Å². The molecule has 1 amide bonds. The summed E-state index contributed by atoms with van der Waals surface area (Å²) < 4.78 is 12.7. The number of nitrogens with zero attached hydrogens (tertiary/aromatic N) is 2. The third-order valence-corrected chi connectivity index (χ3v) is 6.12. The summed E-state index contributed by atoms with van der Waals surface area (Å²) in [6.45, 7) is 8.64. The van der Waals surface area contributed by atoms with E-state index in [-0.39, 0.29) is 17.3 Å². The van der Waals surface area contributed by atoms with Crippen molar-refractivity contribution in [3.05, 3.63) is 100.0 Å². The van der Waals surface area contributed by atoms with Gasteiger partial charge in [0.25, 0.3) is 11.5 Å². The van der Waals surface area contributed by atoms with E-state index < -0.39 is 5.56 Å². The first-order valence-electron chi connectivity index (χ1n) is 12.4. The van der Waals surface area contributed by atoms with Gasteiger partial charge in [-0.2, -0.15) is 9.78 Å². The molecular weight excluding hydrogens is 480 g/mol. The summed E-state index contributed by atoms with van der Waals surface area (Å²) in [5.41, 5.74) is 3.60.